The molecule has 0 bridgehead atoms. The van der Waals surface area contributed by atoms with Crippen LogP contribution in [0.25, 0.3) is 5.65 Å². The van der Waals surface area contributed by atoms with Gasteiger partial charge in [-0.1, -0.05) is 6.92 Å². The van der Waals surface area contributed by atoms with E-state index in [9.17, 15) is 4.79 Å². The molecule has 0 aliphatic carbocycles. The molecule has 5 nitrogen and oxygen atoms in total. The van der Waals surface area contributed by atoms with Gasteiger partial charge in [-0.3, -0.25) is 4.79 Å². The molecule has 1 N–H and O–H groups in total. The quantitative estimate of drug-likeness (QED) is 0.943. The molecular weight excluding hydrogens is 284 g/mol. The first kappa shape index (κ1) is 12.0. The smallest absolute Gasteiger partial charge is 0.270 e. The van der Waals surface area contributed by atoms with Crippen molar-refractivity contribution < 1.29 is 4.79 Å². The van der Waals surface area contributed by atoms with Crippen LogP contribution in [0.1, 0.15) is 30.8 Å². The SMILES string of the molecule is CCC(C)NC(=O)c1ccn2ncc(Br)c2n1. The van der Waals surface area contributed by atoms with E-state index >= 15 is 0 Å². The summed E-state index contributed by atoms with van der Waals surface area (Å²) in [5.74, 6) is -0.157. The Kier molecular flexibility index (Phi) is 3.42. The zero-order valence-electron chi connectivity index (χ0n) is 9.64. The van der Waals surface area contributed by atoms with Crippen molar-refractivity contribution in [1.82, 2.24) is 19.9 Å². The van der Waals surface area contributed by atoms with Gasteiger partial charge in [-0.25, -0.2) is 9.50 Å². The second-order valence-corrected chi connectivity index (χ2v) is 4.71. The van der Waals surface area contributed by atoms with Crippen molar-refractivity contribution in [2.24, 2.45) is 0 Å². The normalized spacial score (nSPS) is 12.6. The van der Waals surface area contributed by atoms with Crippen LogP contribution >= 0.6 is 15.9 Å². The molecule has 0 fully saturated rings. The first-order valence-corrected chi connectivity index (χ1v) is 6.22. The molecule has 0 aromatic carbocycles. The molecule has 2 rings (SSSR count). The number of carbonyl (C=O) groups excluding carboxylic acids is 1. The van der Waals surface area contributed by atoms with Gasteiger partial charge in [0.05, 0.1) is 10.7 Å². The predicted octanol–water partition coefficient (Wildman–Crippen LogP) is 2.02. The maximum Gasteiger partial charge on any atom is 0.270 e. The highest BCUT2D eigenvalue weighted by molar-refractivity contribution is 9.10. The van der Waals surface area contributed by atoms with Crippen molar-refractivity contribution in [2.75, 3.05) is 0 Å². The third kappa shape index (κ3) is 2.46. The van der Waals surface area contributed by atoms with Gasteiger partial charge >= 0.3 is 0 Å². The van der Waals surface area contributed by atoms with E-state index in [-0.39, 0.29) is 11.9 Å². The number of amides is 1. The summed E-state index contributed by atoms with van der Waals surface area (Å²) in [6, 6.07) is 1.80. The monoisotopic (exact) mass is 296 g/mol. The van der Waals surface area contributed by atoms with Crippen molar-refractivity contribution in [2.45, 2.75) is 26.3 Å². The molecule has 0 aliphatic heterocycles. The fraction of sp³-hybridized carbons (Fsp3) is 0.364. The van der Waals surface area contributed by atoms with Gasteiger partial charge in [-0.2, -0.15) is 5.10 Å². The van der Waals surface area contributed by atoms with E-state index < -0.39 is 0 Å². The van der Waals surface area contributed by atoms with Gasteiger partial charge in [0.1, 0.15) is 5.69 Å². The van der Waals surface area contributed by atoms with Gasteiger partial charge in [0.2, 0.25) is 0 Å². The fourth-order valence-electron chi connectivity index (χ4n) is 1.37. The first-order valence-electron chi connectivity index (χ1n) is 5.42. The minimum absolute atomic E-state index is 0.147. The largest absolute Gasteiger partial charge is 0.348 e. The Hall–Kier alpha value is -1.43. The summed E-state index contributed by atoms with van der Waals surface area (Å²) >= 11 is 3.34. The topological polar surface area (TPSA) is 59.3 Å². The van der Waals surface area contributed by atoms with Gasteiger partial charge in [0.25, 0.3) is 5.91 Å². The Labute approximate surface area is 107 Å². The standard InChI is InChI=1S/C11H13BrN4O/c1-3-7(2)14-11(17)9-4-5-16-10(15-9)8(12)6-13-16/h4-7H,3H2,1-2H3,(H,14,17). The summed E-state index contributed by atoms with van der Waals surface area (Å²) in [5.41, 5.74) is 1.04. The molecule has 0 saturated heterocycles. The van der Waals surface area contributed by atoms with E-state index in [1.165, 1.54) is 0 Å². The summed E-state index contributed by atoms with van der Waals surface area (Å²) in [7, 11) is 0. The number of fused-ring (bicyclic) bond motifs is 1. The Bertz CT molecular complexity index is 551. The average Bonchev–Trinajstić information content (AvgIpc) is 2.70. The van der Waals surface area contributed by atoms with E-state index in [0.29, 0.717) is 11.3 Å². The molecule has 1 amide bonds. The predicted molar refractivity (Wildman–Crippen MR) is 67.9 cm³/mol. The van der Waals surface area contributed by atoms with Gasteiger partial charge in [0, 0.05) is 12.2 Å². The lowest BCUT2D eigenvalue weighted by molar-refractivity contribution is 0.0934. The molecule has 1 atom stereocenters. The highest BCUT2D eigenvalue weighted by Crippen LogP contribution is 2.15. The van der Waals surface area contributed by atoms with Gasteiger partial charge in [0.15, 0.2) is 5.65 Å². The first-order chi connectivity index (χ1) is 8.11. The number of halogens is 1. The van der Waals surface area contributed by atoms with Crippen LogP contribution in [0.5, 0.6) is 0 Å². The van der Waals surface area contributed by atoms with E-state index in [1.807, 2.05) is 13.8 Å². The second-order valence-electron chi connectivity index (χ2n) is 3.86. The van der Waals surface area contributed by atoms with Gasteiger partial charge < -0.3 is 5.32 Å². The number of rotatable bonds is 3. The number of aromatic nitrogens is 3. The van der Waals surface area contributed by atoms with Crippen LogP contribution in [-0.4, -0.2) is 26.5 Å². The van der Waals surface area contributed by atoms with E-state index in [1.54, 1.807) is 23.0 Å². The molecule has 1 unspecified atom stereocenters. The van der Waals surface area contributed by atoms with Crippen molar-refractivity contribution in [3.05, 3.63) is 28.6 Å². The zero-order valence-corrected chi connectivity index (χ0v) is 11.2. The third-order valence-electron chi connectivity index (χ3n) is 2.55. The number of hydrogen-bond donors (Lipinski definition) is 1. The Morgan fingerprint density at radius 3 is 3.12 bits per heavy atom. The van der Waals surface area contributed by atoms with E-state index in [4.69, 9.17) is 0 Å². The lowest BCUT2D eigenvalue weighted by atomic mass is 10.2. The number of carbonyl (C=O) groups is 1. The average molecular weight is 297 g/mol. The molecule has 90 valence electrons. The Morgan fingerprint density at radius 2 is 2.41 bits per heavy atom. The summed E-state index contributed by atoms with van der Waals surface area (Å²) in [6.45, 7) is 3.99. The summed E-state index contributed by atoms with van der Waals surface area (Å²) < 4.78 is 2.39. The number of nitrogens with zero attached hydrogens (tertiary/aromatic N) is 3. The zero-order chi connectivity index (χ0) is 12.4. The molecule has 2 aromatic rings. The van der Waals surface area contributed by atoms with E-state index in [0.717, 1.165) is 10.9 Å². The lowest BCUT2D eigenvalue weighted by Crippen LogP contribution is -2.32. The van der Waals surface area contributed by atoms with Crippen LogP contribution in [0, 0.1) is 0 Å². The number of hydrogen-bond acceptors (Lipinski definition) is 3. The maximum absolute atomic E-state index is 11.9. The molecule has 17 heavy (non-hydrogen) atoms. The molecular formula is C11H13BrN4O. The summed E-state index contributed by atoms with van der Waals surface area (Å²) in [4.78, 5) is 16.1. The van der Waals surface area contributed by atoms with E-state index in [2.05, 4.69) is 31.3 Å². The fourth-order valence-corrected chi connectivity index (χ4v) is 1.73. The van der Waals surface area contributed by atoms with Crippen LogP contribution in [0.4, 0.5) is 0 Å². The highest BCUT2D eigenvalue weighted by atomic mass is 79.9. The molecule has 2 heterocycles. The maximum atomic E-state index is 11.9. The van der Waals surface area contributed by atoms with Crippen LogP contribution < -0.4 is 5.32 Å². The van der Waals surface area contributed by atoms with Crippen molar-refractivity contribution in [1.29, 1.82) is 0 Å². The second kappa shape index (κ2) is 4.83. The molecule has 0 saturated carbocycles. The van der Waals surface area contributed by atoms with Crippen LogP contribution in [-0.2, 0) is 0 Å². The highest BCUT2D eigenvalue weighted by Gasteiger charge is 2.12. The van der Waals surface area contributed by atoms with Crippen molar-refractivity contribution in [3.63, 3.8) is 0 Å². The Morgan fingerprint density at radius 1 is 1.65 bits per heavy atom. The van der Waals surface area contributed by atoms with Crippen LogP contribution in [0.2, 0.25) is 0 Å². The van der Waals surface area contributed by atoms with Crippen LogP contribution in [0.3, 0.4) is 0 Å². The molecule has 0 aliphatic rings. The molecule has 0 spiro atoms. The van der Waals surface area contributed by atoms with Crippen molar-refractivity contribution >= 4 is 27.5 Å². The summed E-state index contributed by atoms with van der Waals surface area (Å²) in [6.07, 6.45) is 4.27. The van der Waals surface area contributed by atoms with Gasteiger partial charge in [-0.15, -0.1) is 0 Å². The molecule has 0 radical (unpaired) electrons. The number of nitrogens with one attached hydrogen (secondary N) is 1. The van der Waals surface area contributed by atoms with Crippen LogP contribution in [0.15, 0.2) is 22.9 Å². The lowest BCUT2D eigenvalue weighted by Gasteiger charge is -2.10. The third-order valence-corrected chi connectivity index (χ3v) is 3.11. The van der Waals surface area contributed by atoms with Gasteiger partial charge in [-0.05, 0) is 35.3 Å². The Balaban J connectivity index is 2.29. The minimum Gasteiger partial charge on any atom is -0.348 e. The van der Waals surface area contributed by atoms with Crippen molar-refractivity contribution in [3.8, 4) is 0 Å². The minimum atomic E-state index is -0.157. The summed E-state index contributed by atoms with van der Waals surface area (Å²) in [5, 5.41) is 6.95. The molecule has 6 heteroatoms. The molecule has 2 aromatic heterocycles.